The van der Waals surface area contributed by atoms with Crippen molar-refractivity contribution in [2.75, 3.05) is 0 Å². The first-order chi connectivity index (χ1) is 14.3. The van der Waals surface area contributed by atoms with Crippen LogP contribution in [0.1, 0.15) is 131 Å². The molecule has 3 saturated carbocycles. The first kappa shape index (κ1) is 22.9. The van der Waals surface area contributed by atoms with Crippen molar-refractivity contribution in [1.29, 1.82) is 0 Å². The summed E-state index contributed by atoms with van der Waals surface area (Å²) in [5.74, 6) is 5.74. The van der Waals surface area contributed by atoms with E-state index >= 15 is 0 Å². The van der Waals surface area contributed by atoms with Crippen molar-refractivity contribution in [3.63, 3.8) is 0 Å². The molecular formula is C30H52. The van der Waals surface area contributed by atoms with E-state index in [9.17, 15) is 0 Å². The normalized spacial score (nSPS) is 42.1. The number of fused-ring (bicyclic) bond motifs is 4. The molecular weight excluding hydrogens is 360 g/mol. The Labute approximate surface area is 189 Å². The highest BCUT2D eigenvalue weighted by molar-refractivity contribution is 5.34. The minimum atomic E-state index is 0.545. The largest absolute Gasteiger partial charge is 0.0668 e. The van der Waals surface area contributed by atoms with Gasteiger partial charge in [-0.1, -0.05) is 97.6 Å². The zero-order valence-electron chi connectivity index (χ0n) is 21.4. The van der Waals surface area contributed by atoms with E-state index in [4.69, 9.17) is 0 Å². The lowest BCUT2D eigenvalue weighted by atomic mass is 9.47. The van der Waals surface area contributed by atoms with E-state index in [1.165, 1.54) is 89.9 Å². The molecule has 0 aromatic heterocycles. The van der Waals surface area contributed by atoms with Gasteiger partial charge in [-0.05, 0) is 91.3 Å². The third kappa shape index (κ3) is 3.85. The highest BCUT2D eigenvalue weighted by Gasteiger charge is 2.56. The van der Waals surface area contributed by atoms with Crippen molar-refractivity contribution in [1.82, 2.24) is 0 Å². The molecule has 0 spiro atoms. The van der Waals surface area contributed by atoms with Crippen LogP contribution in [0.25, 0.3) is 0 Å². The summed E-state index contributed by atoms with van der Waals surface area (Å²) in [6.45, 7) is 15.2. The van der Waals surface area contributed by atoms with Gasteiger partial charge >= 0.3 is 0 Å². The molecule has 0 amide bonds. The van der Waals surface area contributed by atoms with E-state index in [1.54, 1.807) is 0 Å². The van der Waals surface area contributed by atoms with Gasteiger partial charge in [0, 0.05) is 0 Å². The smallest absolute Gasteiger partial charge is 0.00825 e. The topological polar surface area (TPSA) is 0 Å². The van der Waals surface area contributed by atoms with Crippen molar-refractivity contribution in [3.05, 3.63) is 11.1 Å². The van der Waals surface area contributed by atoms with Crippen molar-refractivity contribution >= 4 is 0 Å². The molecule has 0 N–H and O–H groups in total. The van der Waals surface area contributed by atoms with Gasteiger partial charge in [-0.25, -0.2) is 0 Å². The van der Waals surface area contributed by atoms with Gasteiger partial charge in [0.1, 0.15) is 0 Å². The Balaban J connectivity index is 1.54. The number of hydrogen-bond acceptors (Lipinski definition) is 0. The van der Waals surface area contributed by atoms with Gasteiger partial charge in [0.15, 0.2) is 0 Å². The average molecular weight is 413 g/mol. The Morgan fingerprint density at radius 3 is 2.47 bits per heavy atom. The van der Waals surface area contributed by atoms with Crippen LogP contribution in [0, 0.1) is 46.3 Å². The van der Waals surface area contributed by atoms with Crippen molar-refractivity contribution in [2.45, 2.75) is 131 Å². The zero-order valence-corrected chi connectivity index (χ0v) is 21.4. The molecule has 4 aliphatic rings. The summed E-state index contributed by atoms with van der Waals surface area (Å²) >= 11 is 0. The van der Waals surface area contributed by atoms with Crippen LogP contribution in [0.2, 0.25) is 0 Å². The van der Waals surface area contributed by atoms with Gasteiger partial charge in [-0.2, -0.15) is 0 Å². The maximum atomic E-state index is 2.74. The van der Waals surface area contributed by atoms with E-state index in [1.807, 2.05) is 11.1 Å². The van der Waals surface area contributed by atoms with E-state index < -0.39 is 0 Å². The van der Waals surface area contributed by atoms with Gasteiger partial charge in [-0.3, -0.25) is 0 Å². The lowest BCUT2D eigenvalue weighted by Crippen LogP contribution is -2.49. The quantitative estimate of drug-likeness (QED) is 0.365. The second kappa shape index (κ2) is 8.94. The monoisotopic (exact) mass is 412 g/mol. The molecule has 7 atom stereocenters. The predicted molar refractivity (Wildman–Crippen MR) is 132 cm³/mol. The molecule has 0 bridgehead atoms. The van der Waals surface area contributed by atoms with Gasteiger partial charge in [0.05, 0.1) is 0 Å². The van der Waals surface area contributed by atoms with Crippen LogP contribution >= 0.6 is 0 Å². The van der Waals surface area contributed by atoms with Crippen LogP contribution in [-0.4, -0.2) is 0 Å². The molecule has 0 aromatic rings. The SMILES string of the molecule is CCCC1CCC[C@@]2(C)C1CCC1=C3CC[C@H]([C@H](C)CCCC(C)C)[C@@]3(C)CC[C@@H]12. The molecule has 0 nitrogen and oxygen atoms in total. The Morgan fingerprint density at radius 1 is 0.933 bits per heavy atom. The standard InChI is InChI=1S/C30H52/c1-7-10-23-13-9-19-29(5)26(23)15-14-24-27-17-16-25(22(4)12-8-11-21(2)3)30(27,6)20-18-28(24)29/h21-23,25-26,28H,7-20H2,1-6H3/t22-,23?,25-,26?,28+,29+,30-/m1/s1. The van der Waals surface area contributed by atoms with E-state index in [2.05, 4.69) is 41.5 Å². The first-order valence-electron chi connectivity index (χ1n) is 14.0. The highest BCUT2D eigenvalue weighted by atomic mass is 14.6. The van der Waals surface area contributed by atoms with E-state index in [-0.39, 0.29) is 0 Å². The maximum Gasteiger partial charge on any atom is -0.00825 e. The first-order valence-corrected chi connectivity index (χ1v) is 14.0. The number of rotatable bonds is 7. The Bertz CT molecular complexity index is 624. The van der Waals surface area contributed by atoms with Crippen molar-refractivity contribution in [2.24, 2.45) is 46.3 Å². The summed E-state index contributed by atoms with van der Waals surface area (Å²) in [5, 5.41) is 0. The minimum Gasteiger partial charge on any atom is -0.0668 e. The molecule has 30 heavy (non-hydrogen) atoms. The second-order valence-corrected chi connectivity index (χ2v) is 13.1. The summed E-state index contributed by atoms with van der Waals surface area (Å²) in [6, 6.07) is 0. The maximum absolute atomic E-state index is 2.74. The molecule has 3 fully saturated rings. The lowest BCUT2D eigenvalue weighted by Gasteiger charge is -2.58. The summed E-state index contributed by atoms with van der Waals surface area (Å²) in [7, 11) is 0. The van der Waals surface area contributed by atoms with Crippen molar-refractivity contribution in [3.8, 4) is 0 Å². The lowest BCUT2D eigenvalue weighted by molar-refractivity contribution is -0.0280. The third-order valence-corrected chi connectivity index (χ3v) is 11.0. The Kier molecular flexibility index (Phi) is 6.83. The number of hydrogen-bond donors (Lipinski definition) is 0. The number of allylic oxidation sites excluding steroid dienone is 2. The molecule has 172 valence electrons. The van der Waals surface area contributed by atoms with Crippen LogP contribution in [0.3, 0.4) is 0 Å². The summed E-state index contributed by atoms with van der Waals surface area (Å²) in [4.78, 5) is 0. The fraction of sp³-hybridized carbons (Fsp3) is 0.933. The van der Waals surface area contributed by atoms with Crippen LogP contribution in [-0.2, 0) is 0 Å². The second-order valence-electron chi connectivity index (χ2n) is 13.1. The molecule has 0 saturated heterocycles. The fourth-order valence-electron chi connectivity index (χ4n) is 9.53. The molecule has 0 heteroatoms. The molecule has 4 aliphatic carbocycles. The molecule has 0 radical (unpaired) electrons. The molecule has 0 heterocycles. The molecule has 2 unspecified atom stereocenters. The summed E-state index contributed by atoms with van der Waals surface area (Å²) < 4.78 is 0. The summed E-state index contributed by atoms with van der Waals surface area (Å²) in [6.07, 6.45) is 20.7. The Morgan fingerprint density at radius 2 is 1.73 bits per heavy atom. The molecule has 0 aliphatic heterocycles. The predicted octanol–water partition coefficient (Wildman–Crippen LogP) is 9.59. The highest BCUT2D eigenvalue weighted by Crippen LogP contribution is 2.66. The average Bonchev–Trinajstić information content (AvgIpc) is 3.05. The van der Waals surface area contributed by atoms with Gasteiger partial charge in [0.25, 0.3) is 0 Å². The fourth-order valence-corrected chi connectivity index (χ4v) is 9.53. The summed E-state index contributed by atoms with van der Waals surface area (Å²) in [5.41, 5.74) is 5.18. The van der Waals surface area contributed by atoms with Crippen LogP contribution in [0.15, 0.2) is 11.1 Å². The van der Waals surface area contributed by atoms with Crippen molar-refractivity contribution < 1.29 is 0 Å². The molecule has 4 rings (SSSR count). The zero-order chi connectivity index (χ0) is 21.5. The third-order valence-electron chi connectivity index (χ3n) is 11.0. The van der Waals surface area contributed by atoms with Crippen LogP contribution < -0.4 is 0 Å². The molecule has 0 aromatic carbocycles. The van der Waals surface area contributed by atoms with E-state index in [0.29, 0.717) is 10.8 Å². The van der Waals surface area contributed by atoms with E-state index in [0.717, 1.165) is 35.5 Å². The Hall–Kier alpha value is -0.260. The van der Waals surface area contributed by atoms with Crippen LogP contribution in [0.4, 0.5) is 0 Å². The van der Waals surface area contributed by atoms with Gasteiger partial charge < -0.3 is 0 Å². The minimum absolute atomic E-state index is 0.545. The van der Waals surface area contributed by atoms with Crippen LogP contribution in [0.5, 0.6) is 0 Å². The van der Waals surface area contributed by atoms with Gasteiger partial charge in [-0.15, -0.1) is 0 Å². The van der Waals surface area contributed by atoms with Gasteiger partial charge in [0.2, 0.25) is 0 Å².